The monoisotopic (exact) mass is 335 g/mol. The molecule has 0 bridgehead atoms. The number of rotatable bonds is 3. The van der Waals surface area contributed by atoms with E-state index in [1.54, 1.807) is 4.90 Å². The van der Waals surface area contributed by atoms with Crippen molar-refractivity contribution < 1.29 is 23.9 Å². The minimum absolute atomic E-state index is 0.0626. The lowest BCUT2D eigenvalue weighted by Crippen LogP contribution is -2.41. The van der Waals surface area contributed by atoms with Crippen LogP contribution in [0, 0.1) is 5.82 Å². The molecule has 0 aliphatic carbocycles. The van der Waals surface area contributed by atoms with Gasteiger partial charge < -0.3 is 20.2 Å². The molecule has 1 aromatic rings. The fraction of sp³-hybridized carbons (Fsp3) is 0.438. The molecule has 2 aliphatic heterocycles. The van der Waals surface area contributed by atoms with Gasteiger partial charge in [-0.15, -0.1) is 0 Å². The van der Waals surface area contributed by atoms with Crippen molar-refractivity contribution in [1.29, 1.82) is 0 Å². The van der Waals surface area contributed by atoms with Crippen molar-refractivity contribution in [2.75, 3.05) is 24.5 Å². The molecule has 1 aromatic carbocycles. The zero-order chi connectivity index (χ0) is 17.3. The second-order valence-electron chi connectivity index (χ2n) is 5.95. The van der Waals surface area contributed by atoms with Crippen LogP contribution in [0.1, 0.15) is 29.6 Å². The molecule has 0 radical (unpaired) electrons. The van der Waals surface area contributed by atoms with E-state index in [1.807, 2.05) is 0 Å². The number of halogens is 1. The highest BCUT2D eigenvalue weighted by Crippen LogP contribution is 2.26. The summed E-state index contributed by atoms with van der Waals surface area (Å²) < 4.78 is 14.4. The number of carbonyl (C=O) groups is 3. The summed E-state index contributed by atoms with van der Waals surface area (Å²) in [6.07, 6.45) is 0.889. The number of carboxylic acid groups (broad SMARTS) is 1. The maximum Gasteiger partial charge on any atom is 0.405 e. The molecule has 7 nitrogen and oxygen atoms in total. The fourth-order valence-electron chi connectivity index (χ4n) is 3.16. The smallest absolute Gasteiger partial charge is 0.405 e. The van der Waals surface area contributed by atoms with Gasteiger partial charge in [-0.3, -0.25) is 9.59 Å². The Hall–Kier alpha value is -2.64. The molecule has 2 N–H and O–H groups in total. The minimum Gasteiger partial charge on any atom is -0.465 e. The van der Waals surface area contributed by atoms with Crippen molar-refractivity contribution in [2.45, 2.75) is 25.3 Å². The molecule has 2 saturated heterocycles. The van der Waals surface area contributed by atoms with Gasteiger partial charge in [0.1, 0.15) is 11.9 Å². The highest BCUT2D eigenvalue weighted by molar-refractivity contribution is 6.01. The number of anilines is 1. The van der Waals surface area contributed by atoms with Gasteiger partial charge in [-0.1, -0.05) is 0 Å². The van der Waals surface area contributed by atoms with Crippen LogP contribution in [-0.4, -0.2) is 53.6 Å². The van der Waals surface area contributed by atoms with Gasteiger partial charge in [0.05, 0.1) is 5.69 Å². The molecule has 0 saturated carbocycles. The van der Waals surface area contributed by atoms with Gasteiger partial charge in [0, 0.05) is 25.2 Å². The number of amides is 3. The van der Waals surface area contributed by atoms with Crippen molar-refractivity contribution in [1.82, 2.24) is 10.2 Å². The summed E-state index contributed by atoms with van der Waals surface area (Å²) in [5.74, 6) is -1.37. The highest BCUT2D eigenvalue weighted by Gasteiger charge is 2.35. The third-order valence-electron chi connectivity index (χ3n) is 4.38. The molecule has 3 rings (SSSR count). The summed E-state index contributed by atoms with van der Waals surface area (Å²) in [4.78, 5) is 38.0. The maximum absolute atomic E-state index is 14.4. The minimum atomic E-state index is -1.29. The van der Waals surface area contributed by atoms with E-state index >= 15 is 0 Å². The normalized spacial score (nSPS) is 20.5. The first-order chi connectivity index (χ1) is 11.5. The highest BCUT2D eigenvalue weighted by atomic mass is 19.1. The van der Waals surface area contributed by atoms with Gasteiger partial charge in [-0.2, -0.15) is 0 Å². The average molecular weight is 335 g/mol. The van der Waals surface area contributed by atoms with Crippen LogP contribution in [0.5, 0.6) is 0 Å². The van der Waals surface area contributed by atoms with Crippen LogP contribution in [0.2, 0.25) is 0 Å². The van der Waals surface area contributed by atoms with Gasteiger partial charge in [0.15, 0.2) is 0 Å². The summed E-state index contributed by atoms with van der Waals surface area (Å²) in [5.41, 5.74) is 0.317. The predicted molar refractivity (Wildman–Crippen MR) is 83.5 cm³/mol. The van der Waals surface area contributed by atoms with E-state index in [-0.39, 0.29) is 30.1 Å². The molecule has 0 spiro atoms. The largest absolute Gasteiger partial charge is 0.465 e. The molecular formula is C16H18FN3O4. The maximum atomic E-state index is 14.4. The molecule has 2 aliphatic rings. The summed E-state index contributed by atoms with van der Waals surface area (Å²) in [5, 5.41) is 10.8. The van der Waals surface area contributed by atoms with E-state index in [0.717, 1.165) is 18.9 Å². The van der Waals surface area contributed by atoms with Crippen molar-refractivity contribution in [3.8, 4) is 0 Å². The van der Waals surface area contributed by atoms with E-state index < -0.39 is 23.9 Å². The molecule has 3 amide bonds. The molecule has 2 fully saturated rings. The fourth-order valence-corrected chi connectivity index (χ4v) is 3.16. The summed E-state index contributed by atoms with van der Waals surface area (Å²) in [6, 6.07) is 3.18. The lowest BCUT2D eigenvalue weighted by Gasteiger charge is -2.19. The molecule has 128 valence electrons. The van der Waals surface area contributed by atoms with Gasteiger partial charge in [0.2, 0.25) is 5.91 Å². The van der Waals surface area contributed by atoms with Crippen LogP contribution in [-0.2, 0) is 4.79 Å². The molecule has 24 heavy (non-hydrogen) atoms. The van der Waals surface area contributed by atoms with Gasteiger partial charge in [0.25, 0.3) is 5.91 Å². The van der Waals surface area contributed by atoms with E-state index in [2.05, 4.69) is 5.32 Å². The first kappa shape index (κ1) is 16.2. The third-order valence-corrected chi connectivity index (χ3v) is 4.38. The van der Waals surface area contributed by atoms with E-state index in [0.29, 0.717) is 13.1 Å². The van der Waals surface area contributed by atoms with Gasteiger partial charge >= 0.3 is 6.09 Å². The van der Waals surface area contributed by atoms with Crippen molar-refractivity contribution >= 4 is 23.6 Å². The number of carbonyl (C=O) groups excluding carboxylic acids is 2. The van der Waals surface area contributed by atoms with Crippen LogP contribution < -0.4 is 10.2 Å². The number of hydrogen-bond donors (Lipinski definition) is 2. The molecular weight excluding hydrogens is 317 g/mol. The Morgan fingerprint density at radius 1 is 1.21 bits per heavy atom. The first-order valence-corrected chi connectivity index (χ1v) is 7.87. The first-order valence-electron chi connectivity index (χ1n) is 7.87. The lowest BCUT2D eigenvalue weighted by atomic mass is 10.1. The van der Waals surface area contributed by atoms with Crippen LogP contribution in [0.4, 0.5) is 14.9 Å². The van der Waals surface area contributed by atoms with Crippen molar-refractivity contribution in [3.05, 3.63) is 29.6 Å². The Balaban J connectivity index is 1.77. The van der Waals surface area contributed by atoms with Crippen molar-refractivity contribution in [2.24, 2.45) is 0 Å². The zero-order valence-electron chi connectivity index (χ0n) is 13.0. The van der Waals surface area contributed by atoms with Gasteiger partial charge in [-0.05, 0) is 37.5 Å². The number of benzene rings is 1. The van der Waals surface area contributed by atoms with Crippen LogP contribution in [0.15, 0.2) is 18.2 Å². The molecule has 0 aromatic heterocycles. The molecule has 2 heterocycles. The lowest BCUT2D eigenvalue weighted by molar-refractivity contribution is -0.118. The predicted octanol–water partition coefficient (Wildman–Crippen LogP) is 1.43. The Morgan fingerprint density at radius 3 is 2.54 bits per heavy atom. The molecule has 8 heteroatoms. The van der Waals surface area contributed by atoms with E-state index in [1.165, 1.54) is 17.0 Å². The Bertz CT molecular complexity index is 688. The average Bonchev–Trinajstić information content (AvgIpc) is 3.18. The van der Waals surface area contributed by atoms with Crippen LogP contribution in [0.25, 0.3) is 0 Å². The van der Waals surface area contributed by atoms with E-state index in [9.17, 15) is 18.8 Å². The SMILES string of the molecule is O=C(O)N[C@H]1CCN(c2ccc(C(=O)N3CCCC3)cc2F)C1=O. The van der Waals surface area contributed by atoms with Crippen molar-refractivity contribution in [3.63, 3.8) is 0 Å². The second kappa shape index (κ2) is 6.46. The third kappa shape index (κ3) is 3.04. The summed E-state index contributed by atoms with van der Waals surface area (Å²) >= 11 is 0. The Kier molecular flexibility index (Phi) is 4.37. The number of nitrogens with zero attached hydrogens (tertiary/aromatic N) is 2. The van der Waals surface area contributed by atoms with Gasteiger partial charge in [-0.25, -0.2) is 9.18 Å². The second-order valence-corrected chi connectivity index (χ2v) is 5.95. The summed E-state index contributed by atoms with van der Waals surface area (Å²) in [7, 11) is 0. The molecule has 1 atom stereocenters. The van der Waals surface area contributed by atoms with Crippen LogP contribution in [0.3, 0.4) is 0 Å². The van der Waals surface area contributed by atoms with E-state index in [4.69, 9.17) is 5.11 Å². The number of likely N-dealkylation sites (tertiary alicyclic amines) is 1. The number of nitrogens with one attached hydrogen (secondary N) is 1. The Labute approximate surface area is 138 Å². The quantitative estimate of drug-likeness (QED) is 0.874. The summed E-state index contributed by atoms with van der Waals surface area (Å²) in [6.45, 7) is 1.57. The Morgan fingerprint density at radius 2 is 1.92 bits per heavy atom. The topological polar surface area (TPSA) is 89.9 Å². The zero-order valence-corrected chi connectivity index (χ0v) is 13.0. The standard InChI is InChI=1S/C16H18FN3O4/c17-11-9-10(14(21)19-6-1-2-7-19)3-4-13(11)20-8-5-12(15(20)22)18-16(23)24/h3-4,9,12,18H,1-2,5-8H2,(H,23,24)/t12-/m0/s1. The number of hydrogen-bond acceptors (Lipinski definition) is 3. The molecule has 0 unspecified atom stereocenters. The van der Waals surface area contributed by atoms with Crippen LogP contribution >= 0.6 is 0 Å².